The molecule has 21 heavy (non-hydrogen) atoms. The molecule has 0 fully saturated rings. The number of alkyl halides is 3. The quantitative estimate of drug-likeness (QED) is 0.926. The minimum Gasteiger partial charge on any atom is -0.308 e. The molecule has 0 amide bonds. The Morgan fingerprint density at radius 2 is 1.95 bits per heavy atom. The first-order chi connectivity index (χ1) is 10.0. The lowest BCUT2D eigenvalue weighted by atomic mass is 10.1. The van der Waals surface area contributed by atoms with Crippen molar-refractivity contribution in [2.24, 2.45) is 0 Å². The van der Waals surface area contributed by atoms with Gasteiger partial charge in [0.2, 0.25) is 0 Å². The maximum absolute atomic E-state index is 12.6. The van der Waals surface area contributed by atoms with E-state index in [0.717, 1.165) is 37.5 Å². The Kier molecular flexibility index (Phi) is 3.44. The van der Waals surface area contributed by atoms with E-state index in [0.29, 0.717) is 11.4 Å². The molecule has 4 nitrogen and oxygen atoms in total. The van der Waals surface area contributed by atoms with Crippen LogP contribution in [0.3, 0.4) is 0 Å². The number of fused-ring (bicyclic) bond motifs is 1. The molecule has 1 aliphatic heterocycles. The monoisotopic (exact) mass is 296 g/mol. The number of rotatable bonds is 2. The lowest BCUT2D eigenvalue weighted by Gasteiger charge is -2.24. The zero-order chi connectivity index (χ0) is 15.0. The van der Waals surface area contributed by atoms with Crippen molar-refractivity contribution in [3.05, 3.63) is 35.7 Å². The van der Waals surface area contributed by atoms with E-state index in [1.165, 1.54) is 12.1 Å². The van der Waals surface area contributed by atoms with Gasteiger partial charge in [-0.2, -0.15) is 13.2 Å². The van der Waals surface area contributed by atoms with Gasteiger partial charge in [-0.1, -0.05) is 19.1 Å². The van der Waals surface area contributed by atoms with Crippen LogP contribution in [0, 0.1) is 0 Å². The molecule has 1 unspecified atom stereocenters. The Morgan fingerprint density at radius 1 is 1.24 bits per heavy atom. The average molecular weight is 296 g/mol. The fourth-order valence-corrected chi connectivity index (χ4v) is 2.58. The van der Waals surface area contributed by atoms with Gasteiger partial charge in [0.15, 0.2) is 11.6 Å². The van der Waals surface area contributed by atoms with Crippen molar-refractivity contribution in [2.45, 2.75) is 32.1 Å². The Hall–Kier alpha value is -1.89. The van der Waals surface area contributed by atoms with Gasteiger partial charge >= 0.3 is 6.18 Å². The summed E-state index contributed by atoms with van der Waals surface area (Å²) < 4.78 is 39.8. The van der Waals surface area contributed by atoms with Gasteiger partial charge in [0, 0.05) is 18.7 Å². The summed E-state index contributed by atoms with van der Waals surface area (Å²) in [5, 5.41) is 11.7. The van der Waals surface area contributed by atoms with E-state index in [4.69, 9.17) is 0 Å². The summed E-state index contributed by atoms with van der Waals surface area (Å²) in [5.74, 6) is 1.47. The zero-order valence-corrected chi connectivity index (χ0v) is 11.5. The van der Waals surface area contributed by atoms with E-state index < -0.39 is 11.7 Å². The van der Waals surface area contributed by atoms with Gasteiger partial charge in [-0.15, -0.1) is 10.2 Å². The van der Waals surface area contributed by atoms with Gasteiger partial charge in [0.1, 0.15) is 0 Å². The molecule has 0 spiro atoms. The van der Waals surface area contributed by atoms with Crippen LogP contribution in [0.25, 0.3) is 11.4 Å². The fraction of sp³-hybridized carbons (Fsp3) is 0.429. The molecule has 1 atom stereocenters. The van der Waals surface area contributed by atoms with Crippen LogP contribution in [-0.2, 0) is 12.7 Å². The van der Waals surface area contributed by atoms with E-state index in [1.54, 1.807) is 0 Å². The number of aromatic nitrogens is 3. The van der Waals surface area contributed by atoms with Gasteiger partial charge in [-0.05, 0) is 18.6 Å². The molecule has 3 rings (SSSR count). The summed E-state index contributed by atoms with van der Waals surface area (Å²) in [7, 11) is 0. The molecule has 112 valence electrons. The third-order valence-electron chi connectivity index (χ3n) is 3.70. The van der Waals surface area contributed by atoms with E-state index in [9.17, 15) is 13.2 Å². The van der Waals surface area contributed by atoms with Crippen LogP contribution < -0.4 is 5.32 Å². The molecule has 0 aliphatic carbocycles. The molecular weight excluding hydrogens is 281 g/mol. The molecule has 1 aliphatic rings. The van der Waals surface area contributed by atoms with Gasteiger partial charge in [0.25, 0.3) is 0 Å². The smallest absolute Gasteiger partial charge is 0.308 e. The van der Waals surface area contributed by atoms with Crippen LogP contribution in [0.2, 0.25) is 0 Å². The first-order valence-corrected chi connectivity index (χ1v) is 6.85. The third-order valence-corrected chi connectivity index (χ3v) is 3.70. The van der Waals surface area contributed by atoms with Crippen LogP contribution in [-0.4, -0.2) is 21.3 Å². The molecule has 1 N–H and O–H groups in total. The molecule has 1 aromatic carbocycles. The van der Waals surface area contributed by atoms with Gasteiger partial charge in [0.05, 0.1) is 11.6 Å². The highest BCUT2D eigenvalue weighted by atomic mass is 19.4. The number of halogens is 3. The first kappa shape index (κ1) is 14.1. The van der Waals surface area contributed by atoms with Gasteiger partial charge in [-0.25, -0.2) is 0 Å². The highest BCUT2D eigenvalue weighted by Crippen LogP contribution is 2.31. The van der Waals surface area contributed by atoms with E-state index in [1.807, 2.05) is 4.57 Å². The molecule has 2 heterocycles. The Balaban J connectivity index is 1.97. The second kappa shape index (κ2) is 5.14. The number of hydrogen-bond acceptors (Lipinski definition) is 3. The maximum atomic E-state index is 12.6. The number of nitrogens with one attached hydrogen (secondary N) is 1. The molecular formula is C14H15F3N4. The maximum Gasteiger partial charge on any atom is 0.416 e. The van der Waals surface area contributed by atoms with Crippen molar-refractivity contribution in [1.82, 2.24) is 20.1 Å². The van der Waals surface area contributed by atoms with E-state index in [2.05, 4.69) is 22.4 Å². The van der Waals surface area contributed by atoms with Gasteiger partial charge in [-0.3, -0.25) is 0 Å². The molecule has 0 saturated carbocycles. The predicted molar refractivity (Wildman–Crippen MR) is 71.5 cm³/mol. The van der Waals surface area contributed by atoms with Crippen molar-refractivity contribution in [1.29, 1.82) is 0 Å². The number of benzene rings is 1. The second-order valence-corrected chi connectivity index (χ2v) is 5.02. The van der Waals surface area contributed by atoms with Crippen molar-refractivity contribution in [3.63, 3.8) is 0 Å². The van der Waals surface area contributed by atoms with E-state index in [-0.39, 0.29) is 6.04 Å². The fourth-order valence-electron chi connectivity index (χ4n) is 2.58. The van der Waals surface area contributed by atoms with Crippen molar-refractivity contribution in [3.8, 4) is 11.4 Å². The second-order valence-electron chi connectivity index (χ2n) is 5.02. The first-order valence-electron chi connectivity index (χ1n) is 6.85. The van der Waals surface area contributed by atoms with Crippen molar-refractivity contribution < 1.29 is 13.2 Å². The van der Waals surface area contributed by atoms with Crippen LogP contribution in [0.5, 0.6) is 0 Å². The molecule has 0 saturated heterocycles. The van der Waals surface area contributed by atoms with Crippen LogP contribution in [0.15, 0.2) is 24.3 Å². The minimum atomic E-state index is -4.32. The standard InChI is InChI=1S/C14H15F3N4/c1-2-11-13-20-19-12(21(13)8-7-18-11)9-3-5-10(6-4-9)14(15,16)17/h3-6,11,18H,2,7-8H2,1H3. The molecule has 0 radical (unpaired) electrons. The van der Waals surface area contributed by atoms with Crippen LogP contribution >= 0.6 is 0 Å². The summed E-state index contributed by atoms with van der Waals surface area (Å²) in [4.78, 5) is 0. The lowest BCUT2D eigenvalue weighted by Crippen LogP contribution is -2.33. The lowest BCUT2D eigenvalue weighted by molar-refractivity contribution is -0.137. The molecule has 0 bridgehead atoms. The summed E-state index contributed by atoms with van der Waals surface area (Å²) in [5.41, 5.74) is -0.00348. The molecule has 1 aromatic heterocycles. The van der Waals surface area contributed by atoms with E-state index >= 15 is 0 Å². The molecule has 7 heteroatoms. The number of nitrogens with zero attached hydrogens (tertiary/aromatic N) is 3. The minimum absolute atomic E-state index is 0.148. The molecule has 2 aromatic rings. The third kappa shape index (κ3) is 2.53. The Morgan fingerprint density at radius 3 is 2.57 bits per heavy atom. The summed E-state index contributed by atoms with van der Waals surface area (Å²) >= 11 is 0. The van der Waals surface area contributed by atoms with Crippen molar-refractivity contribution >= 4 is 0 Å². The highest BCUT2D eigenvalue weighted by Gasteiger charge is 2.30. The largest absolute Gasteiger partial charge is 0.416 e. The Bertz CT molecular complexity index is 631. The SMILES string of the molecule is CCC1NCCn2c(-c3ccc(C(F)(F)F)cc3)nnc21. The van der Waals surface area contributed by atoms with Crippen molar-refractivity contribution in [2.75, 3.05) is 6.54 Å². The summed E-state index contributed by atoms with van der Waals surface area (Å²) in [6, 6.07) is 5.20. The van der Waals surface area contributed by atoms with Gasteiger partial charge < -0.3 is 9.88 Å². The average Bonchev–Trinajstić information content (AvgIpc) is 2.90. The predicted octanol–water partition coefficient (Wildman–Crippen LogP) is 3.02. The summed E-state index contributed by atoms with van der Waals surface area (Å²) in [6.45, 7) is 3.58. The topological polar surface area (TPSA) is 42.7 Å². The Labute approximate surface area is 120 Å². The summed E-state index contributed by atoms with van der Waals surface area (Å²) in [6.07, 6.45) is -3.43. The number of hydrogen-bond donors (Lipinski definition) is 1. The van der Waals surface area contributed by atoms with Crippen LogP contribution in [0.1, 0.15) is 30.8 Å². The normalized spacial score (nSPS) is 18.6. The van der Waals surface area contributed by atoms with Crippen LogP contribution in [0.4, 0.5) is 13.2 Å². The highest BCUT2D eigenvalue weighted by molar-refractivity contribution is 5.56. The zero-order valence-electron chi connectivity index (χ0n) is 11.5.